The third-order valence-electron chi connectivity index (χ3n) is 3.59. The van der Waals surface area contributed by atoms with Crippen LogP contribution in [0.15, 0.2) is 58.3 Å². The minimum Gasteiger partial charge on any atom is -0.381 e. The first-order chi connectivity index (χ1) is 13.6. The van der Waals surface area contributed by atoms with Gasteiger partial charge in [0.2, 0.25) is 10.0 Å². The van der Waals surface area contributed by atoms with E-state index in [2.05, 4.69) is 31.9 Å². The van der Waals surface area contributed by atoms with Gasteiger partial charge in [0.05, 0.1) is 9.79 Å². The van der Waals surface area contributed by atoms with E-state index in [0.29, 0.717) is 10.7 Å². The van der Waals surface area contributed by atoms with Crippen molar-refractivity contribution in [1.82, 2.24) is 0 Å². The Hall–Kier alpha value is -0.490. The van der Waals surface area contributed by atoms with Gasteiger partial charge in [0.1, 0.15) is 0 Å². The lowest BCUT2D eigenvalue weighted by Crippen LogP contribution is -2.11. The maximum absolute atomic E-state index is 10.8. The van der Waals surface area contributed by atoms with E-state index in [1.54, 1.807) is 24.3 Å². The van der Waals surface area contributed by atoms with Crippen LogP contribution in [0.3, 0.4) is 0 Å². The number of sulfonamides is 1. The van der Waals surface area contributed by atoms with Crippen molar-refractivity contribution < 1.29 is 21.6 Å². The average molecular weight is 592 g/mol. The largest absolute Gasteiger partial charge is 0.381 e. The lowest BCUT2D eigenvalue weighted by Gasteiger charge is -1.98. The standard InChI is InChI=1S/C7H6BrClO2S.C7H8BrNO2S.C4H8O/c2*8-5-6-1-3-7(4-2-6)12(9,10)11;1-2-4-5-3-1/h1-4H,5H2;1-4H,5H2,(H2,9,10,11);1-4H2. The molecule has 0 bridgehead atoms. The maximum Gasteiger partial charge on any atom is 0.261 e. The van der Waals surface area contributed by atoms with Crippen LogP contribution in [-0.4, -0.2) is 30.0 Å². The first kappa shape index (κ1) is 26.5. The number of benzene rings is 2. The Morgan fingerprint density at radius 2 is 1.17 bits per heavy atom. The number of rotatable bonds is 4. The van der Waals surface area contributed by atoms with Gasteiger partial charge in [-0.2, -0.15) is 0 Å². The molecular formula is C18H22Br2ClNO5S2. The molecule has 162 valence electrons. The summed E-state index contributed by atoms with van der Waals surface area (Å²) in [6.45, 7) is 2.00. The third-order valence-corrected chi connectivity index (χ3v) is 7.19. The van der Waals surface area contributed by atoms with E-state index >= 15 is 0 Å². The predicted molar refractivity (Wildman–Crippen MR) is 123 cm³/mol. The first-order valence-electron chi connectivity index (χ1n) is 8.43. The fraction of sp³-hybridized carbons (Fsp3) is 0.333. The van der Waals surface area contributed by atoms with Gasteiger partial charge in [-0.25, -0.2) is 22.0 Å². The molecule has 1 fully saturated rings. The summed E-state index contributed by atoms with van der Waals surface area (Å²) in [6.07, 6.45) is 2.56. The van der Waals surface area contributed by atoms with E-state index < -0.39 is 19.1 Å². The van der Waals surface area contributed by atoms with E-state index in [0.717, 1.165) is 24.3 Å². The van der Waals surface area contributed by atoms with Crippen LogP contribution in [-0.2, 0) is 34.5 Å². The predicted octanol–water partition coefficient (Wildman–Crippen LogP) is 4.53. The fourth-order valence-electron chi connectivity index (χ4n) is 2.02. The summed E-state index contributed by atoms with van der Waals surface area (Å²) in [5, 5.41) is 6.32. The highest BCUT2D eigenvalue weighted by Gasteiger charge is 2.08. The van der Waals surface area contributed by atoms with Gasteiger partial charge in [0.25, 0.3) is 9.05 Å². The molecule has 0 radical (unpaired) electrons. The number of hydrogen-bond donors (Lipinski definition) is 1. The number of halogens is 3. The Morgan fingerprint density at radius 1 is 0.793 bits per heavy atom. The molecule has 0 unspecified atom stereocenters. The summed E-state index contributed by atoms with van der Waals surface area (Å²) in [4.78, 5) is 0.279. The Labute approximate surface area is 193 Å². The van der Waals surface area contributed by atoms with Gasteiger partial charge in [0, 0.05) is 34.6 Å². The highest BCUT2D eigenvalue weighted by Crippen LogP contribution is 2.16. The average Bonchev–Trinajstić information content (AvgIpc) is 3.27. The minimum atomic E-state index is -3.57. The molecule has 1 heterocycles. The van der Waals surface area contributed by atoms with Crippen molar-refractivity contribution in [1.29, 1.82) is 0 Å². The van der Waals surface area contributed by atoms with Crippen molar-refractivity contribution in [3.8, 4) is 0 Å². The molecule has 0 aromatic heterocycles. The zero-order valence-electron chi connectivity index (χ0n) is 15.4. The van der Waals surface area contributed by atoms with Gasteiger partial charge in [0.15, 0.2) is 0 Å². The van der Waals surface area contributed by atoms with E-state index in [9.17, 15) is 16.8 Å². The molecule has 0 spiro atoms. The van der Waals surface area contributed by atoms with Gasteiger partial charge in [-0.1, -0.05) is 56.1 Å². The molecule has 1 saturated heterocycles. The van der Waals surface area contributed by atoms with Crippen LogP contribution >= 0.6 is 42.5 Å². The van der Waals surface area contributed by atoms with Gasteiger partial charge < -0.3 is 4.74 Å². The lowest BCUT2D eigenvalue weighted by atomic mass is 10.2. The molecule has 6 nitrogen and oxygen atoms in total. The van der Waals surface area contributed by atoms with E-state index in [1.165, 1.54) is 37.1 Å². The number of hydrogen-bond acceptors (Lipinski definition) is 5. The summed E-state index contributed by atoms with van der Waals surface area (Å²) >= 11 is 6.50. The molecule has 2 aromatic carbocycles. The van der Waals surface area contributed by atoms with E-state index in [4.69, 9.17) is 20.6 Å². The topological polar surface area (TPSA) is 104 Å². The second-order valence-electron chi connectivity index (χ2n) is 5.86. The van der Waals surface area contributed by atoms with Gasteiger partial charge >= 0.3 is 0 Å². The summed E-state index contributed by atoms with van der Waals surface area (Å²) in [5.74, 6) is 0. The van der Waals surface area contributed by atoms with Crippen molar-refractivity contribution >= 4 is 61.6 Å². The quantitative estimate of drug-likeness (QED) is 0.416. The van der Waals surface area contributed by atoms with Crippen molar-refractivity contribution in [2.45, 2.75) is 33.3 Å². The molecule has 0 aliphatic carbocycles. The molecule has 1 aliphatic heterocycles. The number of alkyl halides is 2. The normalized spacial score (nSPS) is 13.7. The smallest absolute Gasteiger partial charge is 0.261 e. The second kappa shape index (κ2) is 13.0. The number of primary sulfonamides is 1. The minimum absolute atomic E-state index is 0.133. The highest BCUT2D eigenvalue weighted by atomic mass is 79.9. The SMILES string of the molecule is C1CCOC1.NS(=O)(=O)c1ccc(CBr)cc1.O=S(=O)(Cl)c1ccc(CBr)cc1. The summed E-state index contributed by atoms with van der Waals surface area (Å²) < 4.78 is 48.1. The Kier molecular flexibility index (Phi) is 11.9. The third kappa shape index (κ3) is 10.9. The fourth-order valence-corrected chi connectivity index (χ4v) is 4.05. The van der Waals surface area contributed by atoms with Crippen LogP contribution in [0.25, 0.3) is 0 Å². The Balaban J connectivity index is 0.000000235. The van der Waals surface area contributed by atoms with Crippen LogP contribution < -0.4 is 5.14 Å². The van der Waals surface area contributed by atoms with Gasteiger partial charge in [-0.3, -0.25) is 0 Å². The Morgan fingerprint density at radius 3 is 1.41 bits per heavy atom. The van der Waals surface area contributed by atoms with Crippen molar-refractivity contribution in [3.63, 3.8) is 0 Å². The molecule has 2 N–H and O–H groups in total. The maximum atomic E-state index is 10.8. The van der Waals surface area contributed by atoms with E-state index in [-0.39, 0.29) is 9.79 Å². The zero-order valence-corrected chi connectivity index (χ0v) is 21.0. The monoisotopic (exact) mass is 589 g/mol. The first-order valence-corrected chi connectivity index (χ1v) is 14.5. The van der Waals surface area contributed by atoms with E-state index in [1.807, 2.05) is 0 Å². The van der Waals surface area contributed by atoms with Crippen LogP contribution in [0.4, 0.5) is 0 Å². The van der Waals surface area contributed by atoms with Crippen molar-refractivity contribution in [2.24, 2.45) is 5.14 Å². The van der Waals surface area contributed by atoms with Crippen LogP contribution in [0.1, 0.15) is 24.0 Å². The summed E-state index contributed by atoms with van der Waals surface area (Å²) in [7, 11) is -2.00. The highest BCUT2D eigenvalue weighted by molar-refractivity contribution is 9.08. The molecule has 0 saturated carbocycles. The molecule has 1 aliphatic rings. The lowest BCUT2D eigenvalue weighted by molar-refractivity contribution is 0.198. The van der Waals surface area contributed by atoms with Crippen LogP contribution in [0, 0.1) is 0 Å². The molecule has 3 rings (SSSR count). The Bertz CT molecular complexity index is 864. The summed E-state index contributed by atoms with van der Waals surface area (Å²) in [6, 6.07) is 12.8. The van der Waals surface area contributed by atoms with Gasteiger partial charge in [-0.15, -0.1) is 0 Å². The molecule has 29 heavy (non-hydrogen) atoms. The molecule has 2 aromatic rings. The number of ether oxygens (including phenoxy) is 1. The molecular weight excluding hydrogens is 570 g/mol. The van der Waals surface area contributed by atoms with Crippen LogP contribution in [0.5, 0.6) is 0 Å². The van der Waals surface area contributed by atoms with Crippen LogP contribution in [0.2, 0.25) is 0 Å². The second-order valence-corrected chi connectivity index (χ2v) is 11.1. The molecule has 11 heteroatoms. The summed E-state index contributed by atoms with van der Waals surface area (Å²) in [5.41, 5.74) is 2.03. The zero-order chi connectivity index (χ0) is 21.9. The van der Waals surface area contributed by atoms with Gasteiger partial charge in [-0.05, 0) is 48.2 Å². The molecule has 0 amide bonds. The number of nitrogens with two attached hydrogens (primary N) is 1. The van der Waals surface area contributed by atoms with Crippen molar-refractivity contribution in [3.05, 3.63) is 59.7 Å². The van der Waals surface area contributed by atoms with Crippen molar-refractivity contribution in [2.75, 3.05) is 13.2 Å². The molecule has 0 atom stereocenters.